The highest BCUT2D eigenvalue weighted by Gasteiger charge is 2.39. The molecule has 0 bridgehead atoms. The van der Waals surface area contributed by atoms with Gasteiger partial charge in [-0.1, -0.05) is 43.7 Å². The first kappa shape index (κ1) is 15.0. The Hall–Kier alpha value is -1.35. The maximum Gasteiger partial charge on any atom is 0.227 e. The predicted molar refractivity (Wildman–Crippen MR) is 82.4 cm³/mol. The molecular weight excluding hydrogens is 248 g/mol. The van der Waals surface area contributed by atoms with Gasteiger partial charge >= 0.3 is 0 Å². The summed E-state index contributed by atoms with van der Waals surface area (Å²) in [4.78, 5) is 12.7. The van der Waals surface area contributed by atoms with Gasteiger partial charge in [0.05, 0.1) is 11.5 Å². The minimum absolute atomic E-state index is 0.0688. The van der Waals surface area contributed by atoms with Gasteiger partial charge in [-0.3, -0.25) is 4.79 Å². The van der Waals surface area contributed by atoms with Crippen LogP contribution in [0.3, 0.4) is 0 Å². The van der Waals surface area contributed by atoms with Crippen molar-refractivity contribution in [2.45, 2.75) is 45.6 Å². The van der Waals surface area contributed by atoms with Crippen LogP contribution in [0.1, 0.15) is 51.1 Å². The van der Waals surface area contributed by atoms with Crippen molar-refractivity contribution in [3.05, 3.63) is 35.9 Å². The number of rotatable bonds is 5. The molecule has 0 aromatic heterocycles. The highest BCUT2D eigenvalue weighted by molar-refractivity contribution is 5.83. The summed E-state index contributed by atoms with van der Waals surface area (Å²) in [5.74, 6) is 0.211. The molecule has 3 heteroatoms. The summed E-state index contributed by atoms with van der Waals surface area (Å²) in [6.07, 6.45) is 4.11. The van der Waals surface area contributed by atoms with Crippen molar-refractivity contribution in [1.29, 1.82) is 0 Å². The van der Waals surface area contributed by atoms with Gasteiger partial charge in [0.15, 0.2) is 0 Å². The number of hydrogen-bond donors (Lipinski definition) is 2. The van der Waals surface area contributed by atoms with Crippen LogP contribution in [0.4, 0.5) is 0 Å². The summed E-state index contributed by atoms with van der Waals surface area (Å²) in [6.45, 7) is 6.06. The molecule has 1 heterocycles. The maximum atomic E-state index is 12.7. The summed E-state index contributed by atoms with van der Waals surface area (Å²) in [5.41, 5.74) is 0.951. The molecule has 1 aromatic rings. The van der Waals surface area contributed by atoms with Crippen LogP contribution in [0.5, 0.6) is 0 Å². The van der Waals surface area contributed by atoms with Crippen LogP contribution in [0.2, 0.25) is 0 Å². The van der Waals surface area contributed by atoms with E-state index in [9.17, 15) is 4.79 Å². The van der Waals surface area contributed by atoms with Gasteiger partial charge in [0.2, 0.25) is 5.91 Å². The molecule has 1 aliphatic heterocycles. The first-order valence-electron chi connectivity index (χ1n) is 7.74. The van der Waals surface area contributed by atoms with Gasteiger partial charge in [-0.25, -0.2) is 0 Å². The van der Waals surface area contributed by atoms with E-state index in [1.807, 2.05) is 18.2 Å². The summed E-state index contributed by atoms with van der Waals surface area (Å²) >= 11 is 0. The Balaban J connectivity index is 2.05. The van der Waals surface area contributed by atoms with Crippen molar-refractivity contribution in [2.75, 3.05) is 13.1 Å². The van der Waals surface area contributed by atoms with Crippen LogP contribution in [-0.4, -0.2) is 19.0 Å². The van der Waals surface area contributed by atoms with Gasteiger partial charge in [-0.2, -0.15) is 0 Å². The van der Waals surface area contributed by atoms with E-state index < -0.39 is 0 Å². The monoisotopic (exact) mass is 274 g/mol. The zero-order valence-corrected chi connectivity index (χ0v) is 12.6. The van der Waals surface area contributed by atoms with Crippen LogP contribution in [0.25, 0.3) is 0 Å². The molecule has 1 fully saturated rings. The van der Waals surface area contributed by atoms with E-state index in [1.54, 1.807) is 0 Å². The smallest absolute Gasteiger partial charge is 0.227 e. The van der Waals surface area contributed by atoms with Crippen LogP contribution in [0.15, 0.2) is 30.3 Å². The Morgan fingerprint density at radius 1 is 1.40 bits per heavy atom. The highest BCUT2D eigenvalue weighted by atomic mass is 16.2. The highest BCUT2D eigenvalue weighted by Crippen LogP contribution is 2.32. The van der Waals surface area contributed by atoms with Crippen molar-refractivity contribution in [3.63, 3.8) is 0 Å². The van der Waals surface area contributed by atoms with Gasteiger partial charge < -0.3 is 10.6 Å². The fourth-order valence-electron chi connectivity index (χ4n) is 3.14. The topological polar surface area (TPSA) is 41.1 Å². The number of piperidine rings is 1. The second kappa shape index (κ2) is 6.89. The van der Waals surface area contributed by atoms with Crippen LogP contribution >= 0.6 is 0 Å². The second-order valence-electron chi connectivity index (χ2n) is 5.92. The van der Waals surface area contributed by atoms with Gasteiger partial charge in [0.25, 0.3) is 0 Å². The third kappa shape index (κ3) is 3.40. The van der Waals surface area contributed by atoms with Crippen LogP contribution in [-0.2, 0) is 4.79 Å². The first-order chi connectivity index (χ1) is 9.68. The van der Waals surface area contributed by atoms with E-state index in [0.29, 0.717) is 0 Å². The summed E-state index contributed by atoms with van der Waals surface area (Å²) in [6, 6.07) is 10.2. The molecule has 0 spiro atoms. The second-order valence-corrected chi connectivity index (χ2v) is 5.92. The zero-order valence-electron chi connectivity index (χ0n) is 12.6. The van der Waals surface area contributed by atoms with Crippen molar-refractivity contribution in [2.24, 2.45) is 5.41 Å². The number of amides is 1. The lowest BCUT2D eigenvalue weighted by Crippen LogP contribution is -2.50. The predicted octanol–water partition coefficient (Wildman–Crippen LogP) is 3.03. The molecule has 2 rings (SSSR count). The fraction of sp³-hybridized carbons (Fsp3) is 0.588. The Labute approximate surface area is 122 Å². The molecular formula is C17H26N2O. The third-order valence-electron chi connectivity index (χ3n) is 4.33. The third-order valence-corrected chi connectivity index (χ3v) is 4.33. The molecule has 20 heavy (non-hydrogen) atoms. The van der Waals surface area contributed by atoms with E-state index >= 15 is 0 Å². The maximum absolute atomic E-state index is 12.7. The molecule has 0 radical (unpaired) electrons. The van der Waals surface area contributed by atoms with Crippen molar-refractivity contribution < 1.29 is 4.79 Å². The van der Waals surface area contributed by atoms with E-state index in [2.05, 4.69) is 36.6 Å². The first-order valence-corrected chi connectivity index (χ1v) is 7.74. The molecule has 2 atom stereocenters. The number of hydrogen-bond acceptors (Lipinski definition) is 2. The standard InChI is InChI=1S/C17H26N2O/c1-3-10-17(11-7-12-18-13-17)16(20)19-14(2)15-8-5-4-6-9-15/h4-6,8-9,14,18H,3,7,10-13H2,1-2H3,(H,19,20)/t14-,17?/m1/s1. The summed E-state index contributed by atoms with van der Waals surface area (Å²) in [5, 5.41) is 6.61. The normalized spacial score (nSPS) is 24.1. The lowest BCUT2D eigenvalue weighted by atomic mass is 9.76. The summed E-state index contributed by atoms with van der Waals surface area (Å²) < 4.78 is 0. The van der Waals surface area contributed by atoms with Crippen molar-refractivity contribution in [1.82, 2.24) is 10.6 Å². The zero-order chi connectivity index (χ0) is 14.4. The molecule has 0 saturated carbocycles. The number of carbonyl (C=O) groups excluding carboxylic acids is 1. The molecule has 2 N–H and O–H groups in total. The largest absolute Gasteiger partial charge is 0.349 e. The van der Waals surface area contributed by atoms with Gasteiger partial charge in [-0.15, -0.1) is 0 Å². The average molecular weight is 274 g/mol. The number of carbonyl (C=O) groups is 1. The lowest BCUT2D eigenvalue weighted by molar-refractivity contribution is -0.133. The molecule has 1 aromatic carbocycles. The Kier molecular flexibility index (Phi) is 5.18. The number of nitrogens with one attached hydrogen (secondary N) is 2. The van der Waals surface area contributed by atoms with Crippen molar-refractivity contribution >= 4 is 5.91 Å². The number of benzene rings is 1. The van der Waals surface area contributed by atoms with Crippen LogP contribution < -0.4 is 10.6 Å². The molecule has 1 saturated heterocycles. The molecule has 0 aliphatic carbocycles. The molecule has 110 valence electrons. The Morgan fingerprint density at radius 2 is 2.15 bits per heavy atom. The Morgan fingerprint density at radius 3 is 2.75 bits per heavy atom. The molecule has 1 unspecified atom stereocenters. The molecule has 3 nitrogen and oxygen atoms in total. The van der Waals surface area contributed by atoms with Gasteiger partial charge in [0.1, 0.15) is 0 Å². The Bertz CT molecular complexity index is 418. The minimum atomic E-state index is -0.212. The SMILES string of the molecule is CCCC1(C(=O)N[C@H](C)c2ccccc2)CCCNC1. The van der Waals surface area contributed by atoms with Gasteiger partial charge in [0, 0.05) is 6.54 Å². The van der Waals surface area contributed by atoms with E-state index in [-0.39, 0.29) is 17.4 Å². The lowest BCUT2D eigenvalue weighted by Gasteiger charge is -2.37. The quantitative estimate of drug-likeness (QED) is 0.866. The molecule has 1 aliphatic rings. The molecule has 1 amide bonds. The van der Waals surface area contributed by atoms with Crippen LogP contribution in [0, 0.1) is 5.41 Å². The van der Waals surface area contributed by atoms with E-state index in [0.717, 1.165) is 44.3 Å². The fourth-order valence-corrected chi connectivity index (χ4v) is 3.14. The van der Waals surface area contributed by atoms with Gasteiger partial charge in [-0.05, 0) is 38.3 Å². The average Bonchev–Trinajstić information content (AvgIpc) is 2.49. The van der Waals surface area contributed by atoms with E-state index in [4.69, 9.17) is 0 Å². The van der Waals surface area contributed by atoms with Crippen molar-refractivity contribution in [3.8, 4) is 0 Å². The van der Waals surface area contributed by atoms with E-state index in [1.165, 1.54) is 0 Å². The minimum Gasteiger partial charge on any atom is -0.349 e. The summed E-state index contributed by atoms with van der Waals surface area (Å²) in [7, 11) is 0.